The van der Waals surface area contributed by atoms with Crippen molar-refractivity contribution < 1.29 is 19.1 Å². The van der Waals surface area contributed by atoms with Gasteiger partial charge in [-0.3, -0.25) is 9.59 Å². The molecule has 43 heavy (non-hydrogen) atoms. The summed E-state index contributed by atoms with van der Waals surface area (Å²) in [5.74, 6) is 1.05. The monoisotopic (exact) mass is 623 g/mol. The molecule has 0 radical (unpaired) electrons. The number of anilines is 1. The van der Waals surface area contributed by atoms with Crippen molar-refractivity contribution >= 4 is 40.7 Å². The zero-order chi connectivity index (χ0) is 30.7. The highest BCUT2D eigenvalue weighted by atomic mass is 35.5. The van der Waals surface area contributed by atoms with Crippen LogP contribution < -0.4 is 14.4 Å². The van der Waals surface area contributed by atoms with Crippen molar-refractivity contribution in [3.05, 3.63) is 86.9 Å². The Morgan fingerprint density at radius 3 is 2.42 bits per heavy atom. The number of carbonyl (C=O) groups excluding carboxylic acids is 2. The van der Waals surface area contributed by atoms with Gasteiger partial charge in [-0.1, -0.05) is 29.6 Å². The summed E-state index contributed by atoms with van der Waals surface area (Å²) in [6.45, 7) is 8.39. The molecule has 0 N–H and O–H groups in total. The molecule has 0 aliphatic carbocycles. The Bertz CT molecular complexity index is 1510. The Labute approximate surface area is 264 Å². The molecule has 2 aliphatic heterocycles. The van der Waals surface area contributed by atoms with Crippen molar-refractivity contribution in [2.24, 2.45) is 0 Å². The lowest BCUT2D eigenvalue weighted by molar-refractivity contribution is -0.121. The number of halogens is 2. The molecule has 0 saturated carbocycles. The quantitative estimate of drug-likeness (QED) is 0.248. The number of benzene rings is 3. The van der Waals surface area contributed by atoms with E-state index < -0.39 is 5.41 Å². The Hall–Kier alpha value is -3.26. The molecule has 5 rings (SSSR count). The fourth-order valence-electron chi connectivity index (χ4n) is 6.28. The number of piperidine rings is 1. The van der Waals surface area contributed by atoms with Crippen LogP contribution in [0.1, 0.15) is 60.2 Å². The second-order valence-corrected chi connectivity index (χ2v) is 12.2. The first-order valence-electron chi connectivity index (χ1n) is 14.9. The summed E-state index contributed by atoms with van der Waals surface area (Å²) in [4.78, 5) is 34.3. The molecule has 2 amide bonds. The molecule has 2 heterocycles. The number of likely N-dealkylation sites (N-methyl/N-ethyl adjacent to an activating group) is 1. The van der Waals surface area contributed by atoms with Crippen molar-refractivity contribution in [3.8, 4) is 11.5 Å². The lowest BCUT2D eigenvalue weighted by atomic mass is 9.76. The van der Waals surface area contributed by atoms with Gasteiger partial charge < -0.3 is 24.2 Å². The molecular weight excluding hydrogens is 585 g/mol. The van der Waals surface area contributed by atoms with Crippen molar-refractivity contribution in [3.63, 3.8) is 0 Å². The molecule has 0 aromatic heterocycles. The fraction of sp³-hybridized carbons (Fsp3) is 0.412. The Morgan fingerprint density at radius 2 is 1.72 bits per heavy atom. The van der Waals surface area contributed by atoms with Gasteiger partial charge in [-0.05, 0) is 99.4 Å². The minimum absolute atomic E-state index is 0.0717. The largest absolute Gasteiger partial charge is 0.497 e. The first kappa shape index (κ1) is 31.2. The number of hydrogen-bond acceptors (Lipinski definition) is 5. The minimum atomic E-state index is -1.17. The highest BCUT2D eigenvalue weighted by Gasteiger charge is 2.50. The zero-order valence-corrected chi connectivity index (χ0v) is 26.8. The van der Waals surface area contributed by atoms with Crippen LogP contribution >= 0.6 is 23.2 Å². The number of hydrogen-bond donors (Lipinski definition) is 0. The maximum atomic E-state index is 14.5. The molecule has 1 saturated heterocycles. The predicted molar refractivity (Wildman–Crippen MR) is 172 cm³/mol. The molecule has 1 unspecified atom stereocenters. The van der Waals surface area contributed by atoms with E-state index in [0.29, 0.717) is 45.8 Å². The van der Waals surface area contributed by atoms with Crippen LogP contribution in [-0.4, -0.2) is 68.6 Å². The molecule has 1 atom stereocenters. The molecule has 0 spiro atoms. The predicted octanol–water partition coefficient (Wildman–Crippen LogP) is 6.81. The van der Waals surface area contributed by atoms with E-state index in [9.17, 15) is 9.59 Å². The van der Waals surface area contributed by atoms with Gasteiger partial charge >= 0.3 is 0 Å². The number of carbonyl (C=O) groups is 2. The van der Waals surface area contributed by atoms with Gasteiger partial charge in [0.15, 0.2) is 0 Å². The smallest absolute Gasteiger partial charge is 0.253 e. The van der Waals surface area contributed by atoms with E-state index in [1.807, 2.05) is 43.0 Å². The molecule has 9 heteroatoms. The lowest BCUT2D eigenvalue weighted by Crippen LogP contribution is -2.41. The van der Waals surface area contributed by atoms with E-state index in [1.165, 1.54) is 19.3 Å². The number of methoxy groups -OCH3 is 2. The first-order valence-corrected chi connectivity index (χ1v) is 15.6. The second kappa shape index (κ2) is 13.2. The fourth-order valence-corrected chi connectivity index (χ4v) is 6.76. The number of ether oxygens (including phenoxy) is 2. The molecule has 3 aromatic carbocycles. The van der Waals surface area contributed by atoms with Gasteiger partial charge in [0.05, 0.1) is 20.8 Å². The van der Waals surface area contributed by atoms with Crippen molar-refractivity contribution in [1.29, 1.82) is 0 Å². The zero-order valence-electron chi connectivity index (χ0n) is 25.3. The van der Waals surface area contributed by atoms with Crippen LogP contribution in [0.25, 0.3) is 0 Å². The van der Waals surface area contributed by atoms with Gasteiger partial charge in [-0.2, -0.15) is 0 Å². The van der Waals surface area contributed by atoms with Crippen molar-refractivity contribution in [2.75, 3.05) is 51.8 Å². The second-order valence-electron chi connectivity index (χ2n) is 11.3. The van der Waals surface area contributed by atoms with Crippen LogP contribution in [0.3, 0.4) is 0 Å². The van der Waals surface area contributed by atoms with Crippen LogP contribution in [0.15, 0.2) is 54.6 Å². The average molecular weight is 625 g/mol. The molecule has 1 fully saturated rings. The summed E-state index contributed by atoms with van der Waals surface area (Å²) < 4.78 is 11.0. The Kier molecular flexibility index (Phi) is 9.54. The number of nitrogens with zero attached hydrogens (tertiary/aromatic N) is 3. The van der Waals surface area contributed by atoms with Crippen LogP contribution in [0, 0.1) is 0 Å². The van der Waals surface area contributed by atoms with Gasteiger partial charge in [-0.25, -0.2) is 0 Å². The van der Waals surface area contributed by atoms with E-state index in [-0.39, 0.29) is 18.4 Å². The highest BCUT2D eigenvalue weighted by Crippen LogP contribution is 2.49. The topological polar surface area (TPSA) is 62.3 Å². The first-order chi connectivity index (χ1) is 20.7. The summed E-state index contributed by atoms with van der Waals surface area (Å²) in [5.41, 5.74) is 2.21. The van der Waals surface area contributed by atoms with Gasteiger partial charge in [0.1, 0.15) is 16.9 Å². The molecule has 7 nitrogen and oxygen atoms in total. The normalized spacial score (nSPS) is 18.5. The summed E-state index contributed by atoms with van der Waals surface area (Å²) in [6.07, 6.45) is 3.69. The van der Waals surface area contributed by atoms with E-state index in [0.717, 1.165) is 36.4 Å². The Morgan fingerprint density at radius 1 is 0.953 bits per heavy atom. The van der Waals surface area contributed by atoms with Crippen LogP contribution in [0.4, 0.5) is 5.69 Å². The maximum Gasteiger partial charge on any atom is 0.253 e. The summed E-state index contributed by atoms with van der Waals surface area (Å²) in [7, 11) is 3.19. The standard InChI is InChI=1S/C34H39Cl2N3O4/c1-5-38(18-17-37-15-7-6-8-16-37)32(40)23-10-13-29(36)27(19-23)34(2)28-20-25(35)11-14-30(28)39(33(34)41)22-24-9-12-26(42-3)21-31(24)43-4/h9-14,19-21H,5-8,15-18,22H2,1-4H3. The molecular formula is C34H39Cl2N3O4. The summed E-state index contributed by atoms with van der Waals surface area (Å²) in [5, 5.41) is 0.929. The van der Waals surface area contributed by atoms with Gasteiger partial charge in [0.25, 0.3) is 5.91 Å². The molecule has 2 aliphatic rings. The van der Waals surface area contributed by atoms with E-state index in [4.69, 9.17) is 32.7 Å². The third-order valence-electron chi connectivity index (χ3n) is 8.84. The van der Waals surface area contributed by atoms with Gasteiger partial charge in [0.2, 0.25) is 5.91 Å². The number of rotatable bonds is 10. The molecule has 228 valence electrons. The SMILES string of the molecule is CCN(CCN1CCCCC1)C(=O)c1ccc(Cl)c(C2(C)C(=O)N(Cc3ccc(OC)cc3OC)c3ccc(Cl)cc32)c1. The van der Waals surface area contributed by atoms with E-state index in [2.05, 4.69) is 4.90 Å². The van der Waals surface area contributed by atoms with Crippen molar-refractivity contribution in [1.82, 2.24) is 9.80 Å². The highest BCUT2D eigenvalue weighted by molar-refractivity contribution is 6.33. The molecule has 0 bridgehead atoms. The maximum absolute atomic E-state index is 14.5. The van der Waals surface area contributed by atoms with Crippen LogP contribution in [0.5, 0.6) is 11.5 Å². The number of amides is 2. The van der Waals surface area contributed by atoms with Gasteiger partial charge in [0, 0.05) is 52.6 Å². The number of likely N-dealkylation sites (tertiary alicyclic amines) is 1. The van der Waals surface area contributed by atoms with Crippen molar-refractivity contribution in [2.45, 2.75) is 45.1 Å². The minimum Gasteiger partial charge on any atom is -0.497 e. The average Bonchev–Trinajstić information content (AvgIpc) is 3.23. The third-order valence-corrected chi connectivity index (χ3v) is 9.40. The molecule has 3 aromatic rings. The Balaban J connectivity index is 1.49. The lowest BCUT2D eigenvalue weighted by Gasteiger charge is -2.30. The third kappa shape index (κ3) is 6.08. The van der Waals surface area contributed by atoms with Crippen LogP contribution in [-0.2, 0) is 16.8 Å². The summed E-state index contributed by atoms with van der Waals surface area (Å²) in [6, 6.07) is 16.3. The van der Waals surface area contributed by atoms with E-state index in [1.54, 1.807) is 49.5 Å². The van der Waals surface area contributed by atoms with Crippen LogP contribution in [0.2, 0.25) is 10.0 Å². The number of fused-ring (bicyclic) bond motifs is 1. The summed E-state index contributed by atoms with van der Waals surface area (Å²) >= 11 is 13.3. The van der Waals surface area contributed by atoms with E-state index >= 15 is 0 Å². The van der Waals surface area contributed by atoms with Gasteiger partial charge in [-0.15, -0.1) is 0 Å².